The minimum Gasteiger partial charge on any atom is -0.365 e. The molecule has 0 unspecified atom stereocenters. The summed E-state index contributed by atoms with van der Waals surface area (Å²) in [6, 6.07) is 0. The van der Waals surface area contributed by atoms with Gasteiger partial charge in [0.2, 0.25) is 0 Å². The van der Waals surface area contributed by atoms with Crippen molar-refractivity contribution in [1.29, 1.82) is 0 Å². The minimum atomic E-state index is -0.737. The van der Waals surface area contributed by atoms with Crippen LogP contribution < -0.4 is 0 Å². The topological polar surface area (TPSA) is 29.5 Å². The average Bonchev–Trinajstić information content (AvgIpc) is 2.09. The Morgan fingerprint density at radius 1 is 1.09 bits per heavy atom. The Morgan fingerprint density at radius 2 is 1.82 bits per heavy atom. The van der Waals surface area contributed by atoms with Crippen molar-refractivity contribution in [1.82, 2.24) is 0 Å². The monoisotopic (exact) mass is 156 g/mol. The molecule has 0 aromatic carbocycles. The molecule has 1 N–H and O–H groups in total. The highest BCUT2D eigenvalue weighted by Gasteiger charge is 2.36. The molecule has 2 aliphatic heterocycles. The van der Waals surface area contributed by atoms with Crippen molar-refractivity contribution in [2.45, 2.75) is 56.8 Å². The van der Waals surface area contributed by atoms with E-state index in [1.807, 2.05) is 0 Å². The highest BCUT2D eigenvalue weighted by Crippen LogP contribution is 2.35. The molecule has 2 atom stereocenters. The smallest absolute Gasteiger partial charge is 0.165 e. The molecule has 64 valence electrons. The predicted molar refractivity (Wildman–Crippen MR) is 42.1 cm³/mol. The van der Waals surface area contributed by atoms with E-state index in [1.54, 1.807) is 0 Å². The minimum absolute atomic E-state index is 0.358. The van der Waals surface area contributed by atoms with Crippen LogP contribution in [0.2, 0.25) is 0 Å². The normalized spacial score (nSPS) is 45.0. The third-order valence-electron chi connectivity index (χ3n) is 2.82. The van der Waals surface area contributed by atoms with E-state index >= 15 is 0 Å². The van der Waals surface area contributed by atoms with Gasteiger partial charge in [0.25, 0.3) is 0 Å². The molecule has 2 aliphatic rings. The largest absolute Gasteiger partial charge is 0.365 e. The predicted octanol–water partition coefficient (Wildman–Crippen LogP) is 1.82. The fourth-order valence-electron chi connectivity index (χ4n) is 2.19. The van der Waals surface area contributed by atoms with E-state index in [9.17, 15) is 5.11 Å². The molecular formula is C9H16O2. The molecule has 0 saturated carbocycles. The summed E-state index contributed by atoms with van der Waals surface area (Å²) in [5, 5.41) is 9.86. The van der Waals surface area contributed by atoms with Gasteiger partial charge in [-0.05, 0) is 25.7 Å². The Morgan fingerprint density at radius 3 is 2.73 bits per heavy atom. The summed E-state index contributed by atoms with van der Waals surface area (Å²) >= 11 is 0. The fraction of sp³-hybridized carbons (Fsp3) is 1.00. The summed E-state index contributed by atoms with van der Waals surface area (Å²) in [4.78, 5) is 0. The molecule has 0 aliphatic carbocycles. The lowest BCUT2D eigenvalue weighted by molar-refractivity contribution is -0.250. The number of hydrogen-bond acceptors (Lipinski definition) is 2. The molecule has 0 radical (unpaired) electrons. The number of ether oxygens (including phenoxy) is 1. The second-order valence-electron chi connectivity index (χ2n) is 3.82. The van der Waals surface area contributed by atoms with E-state index < -0.39 is 5.79 Å². The zero-order chi connectivity index (χ0) is 7.73. The molecular weight excluding hydrogens is 140 g/mol. The molecule has 2 heteroatoms. The summed E-state index contributed by atoms with van der Waals surface area (Å²) in [6.45, 7) is 0. The van der Waals surface area contributed by atoms with Crippen molar-refractivity contribution in [3.8, 4) is 0 Å². The molecule has 0 amide bonds. The molecule has 11 heavy (non-hydrogen) atoms. The van der Waals surface area contributed by atoms with Gasteiger partial charge in [0, 0.05) is 12.8 Å². The van der Waals surface area contributed by atoms with Crippen molar-refractivity contribution >= 4 is 0 Å². The molecule has 2 fully saturated rings. The van der Waals surface area contributed by atoms with Crippen LogP contribution in [0.1, 0.15) is 44.9 Å². The molecule has 2 heterocycles. The van der Waals surface area contributed by atoms with Crippen LogP contribution in [0, 0.1) is 0 Å². The van der Waals surface area contributed by atoms with Gasteiger partial charge in [-0.3, -0.25) is 0 Å². The van der Waals surface area contributed by atoms with E-state index in [4.69, 9.17) is 4.74 Å². The highest BCUT2D eigenvalue weighted by atomic mass is 16.6. The van der Waals surface area contributed by atoms with E-state index in [1.165, 1.54) is 6.42 Å². The second kappa shape index (κ2) is 2.76. The average molecular weight is 156 g/mol. The van der Waals surface area contributed by atoms with Crippen LogP contribution in [0.25, 0.3) is 0 Å². The standard InChI is InChI=1S/C9H16O2/c10-9-6-2-1-4-8(11-9)5-3-7-9/h8,10H,1-7H2/t8-,9-/m0/s1. The van der Waals surface area contributed by atoms with E-state index in [0.29, 0.717) is 6.10 Å². The molecule has 2 rings (SSSR count). The van der Waals surface area contributed by atoms with Gasteiger partial charge < -0.3 is 9.84 Å². The maximum absolute atomic E-state index is 9.86. The van der Waals surface area contributed by atoms with Crippen LogP contribution in [-0.2, 0) is 4.74 Å². The van der Waals surface area contributed by atoms with Crippen molar-refractivity contribution in [3.05, 3.63) is 0 Å². The van der Waals surface area contributed by atoms with Gasteiger partial charge in [-0.15, -0.1) is 0 Å². The Balaban J connectivity index is 2.07. The summed E-state index contributed by atoms with van der Waals surface area (Å²) < 4.78 is 5.59. The van der Waals surface area contributed by atoms with Gasteiger partial charge in [0.15, 0.2) is 5.79 Å². The van der Waals surface area contributed by atoms with Gasteiger partial charge in [-0.2, -0.15) is 0 Å². The van der Waals surface area contributed by atoms with Crippen LogP contribution in [-0.4, -0.2) is 17.0 Å². The lowest BCUT2D eigenvalue weighted by Crippen LogP contribution is -2.38. The zero-order valence-corrected chi connectivity index (χ0v) is 6.88. The maximum atomic E-state index is 9.86. The van der Waals surface area contributed by atoms with Crippen LogP contribution in [0.5, 0.6) is 0 Å². The number of hydrogen-bond donors (Lipinski definition) is 1. The van der Waals surface area contributed by atoms with Crippen LogP contribution >= 0.6 is 0 Å². The molecule has 2 nitrogen and oxygen atoms in total. The Labute approximate surface area is 67.6 Å². The van der Waals surface area contributed by atoms with E-state index in [-0.39, 0.29) is 0 Å². The van der Waals surface area contributed by atoms with Crippen molar-refractivity contribution in [2.75, 3.05) is 0 Å². The zero-order valence-electron chi connectivity index (χ0n) is 6.88. The van der Waals surface area contributed by atoms with Crippen molar-refractivity contribution < 1.29 is 9.84 Å². The lowest BCUT2D eigenvalue weighted by Gasteiger charge is -2.35. The van der Waals surface area contributed by atoms with Crippen LogP contribution in [0.15, 0.2) is 0 Å². The quantitative estimate of drug-likeness (QED) is 0.579. The van der Waals surface area contributed by atoms with Gasteiger partial charge in [0.05, 0.1) is 6.10 Å². The van der Waals surface area contributed by atoms with Crippen molar-refractivity contribution in [3.63, 3.8) is 0 Å². The lowest BCUT2D eigenvalue weighted by atomic mass is 10.0. The first kappa shape index (κ1) is 7.56. The van der Waals surface area contributed by atoms with E-state index in [2.05, 4.69) is 0 Å². The summed E-state index contributed by atoms with van der Waals surface area (Å²) in [5.74, 6) is -0.737. The molecule has 0 aromatic heterocycles. The van der Waals surface area contributed by atoms with Gasteiger partial charge >= 0.3 is 0 Å². The Bertz CT molecular complexity index is 146. The second-order valence-corrected chi connectivity index (χ2v) is 3.82. The molecule has 0 spiro atoms. The first-order valence-electron chi connectivity index (χ1n) is 4.69. The van der Waals surface area contributed by atoms with Crippen molar-refractivity contribution in [2.24, 2.45) is 0 Å². The summed E-state index contributed by atoms with van der Waals surface area (Å²) in [5.41, 5.74) is 0. The third-order valence-corrected chi connectivity index (χ3v) is 2.82. The SMILES string of the molecule is O[C@]12CCCC[C@@H](CCC1)O2. The first-order chi connectivity index (χ1) is 5.29. The van der Waals surface area contributed by atoms with Crippen LogP contribution in [0.4, 0.5) is 0 Å². The maximum Gasteiger partial charge on any atom is 0.165 e. The van der Waals surface area contributed by atoms with E-state index in [0.717, 1.165) is 38.5 Å². The van der Waals surface area contributed by atoms with Gasteiger partial charge in [-0.1, -0.05) is 6.42 Å². The van der Waals surface area contributed by atoms with Gasteiger partial charge in [-0.25, -0.2) is 0 Å². The van der Waals surface area contributed by atoms with Crippen LogP contribution in [0.3, 0.4) is 0 Å². The third kappa shape index (κ3) is 1.57. The number of rotatable bonds is 0. The molecule has 0 aromatic rings. The number of fused-ring (bicyclic) bond motifs is 2. The highest BCUT2D eigenvalue weighted by molar-refractivity contribution is 4.79. The summed E-state index contributed by atoms with van der Waals surface area (Å²) in [6.07, 6.45) is 7.87. The number of aliphatic hydroxyl groups is 1. The Kier molecular flexibility index (Phi) is 1.90. The molecule has 2 bridgehead atoms. The van der Waals surface area contributed by atoms with Gasteiger partial charge in [0.1, 0.15) is 0 Å². The first-order valence-corrected chi connectivity index (χ1v) is 4.69. The Hall–Kier alpha value is -0.0800. The molecule has 2 saturated heterocycles. The summed E-state index contributed by atoms with van der Waals surface area (Å²) in [7, 11) is 0. The fourth-order valence-corrected chi connectivity index (χ4v) is 2.19.